The van der Waals surface area contributed by atoms with Gasteiger partial charge in [0.2, 0.25) is 0 Å². The predicted octanol–water partition coefficient (Wildman–Crippen LogP) is 2.95. The molecule has 0 radical (unpaired) electrons. The SMILES string of the molecule is CC=CCn1cc(C(=O)NCCCNC(=O)OCc2ccccc2)c2cc[nH]c2c1=O. The molecule has 8 heteroatoms. The number of carbonyl (C=O) groups is 2. The van der Waals surface area contributed by atoms with Crippen molar-refractivity contribution in [3.63, 3.8) is 0 Å². The Balaban J connectivity index is 1.48. The number of H-pyrrole nitrogens is 1. The Labute approximate surface area is 179 Å². The van der Waals surface area contributed by atoms with Crippen LogP contribution in [0, 0.1) is 0 Å². The molecule has 0 fully saturated rings. The van der Waals surface area contributed by atoms with Crippen molar-refractivity contribution in [3.05, 3.63) is 82.4 Å². The van der Waals surface area contributed by atoms with Crippen molar-refractivity contribution in [3.8, 4) is 0 Å². The Morgan fingerprint density at radius 2 is 1.90 bits per heavy atom. The van der Waals surface area contributed by atoms with Crippen LogP contribution in [0.15, 0.2) is 65.7 Å². The molecule has 31 heavy (non-hydrogen) atoms. The van der Waals surface area contributed by atoms with Crippen molar-refractivity contribution in [1.29, 1.82) is 0 Å². The summed E-state index contributed by atoms with van der Waals surface area (Å²) in [7, 11) is 0. The zero-order valence-electron chi connectivity index (χ0n) is 17.4. The average Bonchev–Trinajstić information content (AvgIpc) is 3.28. The number of fused-ring (bicyclic) bond motifs is 1. The normalized spacial score (nSPS) is 11.0. The van der Waals surface area contributed by atoms with Gasteiger partial charge in [-0.05, 0) is 25.0 Å². The van der Waals surface area contributed by atoms with E-state index in [9.17, 15) is 14.4 Å². The molecule has 2 heterocycles. The third kappa shape index (κ3) is 5.85. The second kappa shape index (κ2) is 10.8. The highest BCUT2D eigenvalue weighted by Crippen LogP contribution is 2.14. The van der Waals surface area contributed by atoms with E-state index in [0.29, 0.717) is 42.5 Å². The number of carbonyl (C=O) groups excluding carboxylic acids is 2. The molecule has 2 amide bonds. The first-order chi connectivity index (χ1) is 15.1. The molecular formula is C23H26N4O4. The summed E-state index contributed by atoms with van der Waals surface area (Å²) in [5.41, 5.74) is 1.57. The fraction of sp³-hybridized carbons (Fsp3) is 0.261. The Hall–Kier alpha value is -3.81. The molecule has 2 aromatic heterocycles. The maximum Gasteiger partial charge on any atom is 0.407 e. The van der Waals surface area contributed by atoms with Crippen LogP contribution in [0.1, 0.15) is 29.3 Å². The fourth-order valence-electron chi connectivity index (χ4n) is 3.08. The average molecular weight is 422 g/mol. The molecule has 8 nitrogen and oxygen atoms in total. The molecule has 0 saturated carbocycles. The molecule has 0 saturated heterocycles. The molecule has 162 valence electrons. The van der Waals surface area contributed by atoms with Crippen LogP contribution in [0.5, 0.6) is 0 Å². The van der Waals surface area contributed by atoms with Crippen molar-refractivity contribution in [2.75, 3.05) is 13.1 Å². The number of hydrogen-bond donors (Lipinski definition) is 3. The second-order valence-electron chi connectivity index (χ2n) is 6.93. The van der Waals surface area contributed by atoms with Crippen molar-refractivity contribution >= 4 is 22.9 Å². The fourth-order valence-corrected chi connectivity index (χ4v) is 3.08. The van der Waals surface area contributed by atoms with Gasteiger partial charge in [0, 0.05) is 37.4 Å². The van der Waals surface area contributed by atoms with Gasteiger partial charge in [-0.3, -0.25) is 9.59 Å². The molecule has 0 aliphatic heterocycles. The molecule has 0 aliphatic carbocycles. The van der Waals surface area contributed by atoms with Crippen LogP contribution in [-0.2, 0) is 17.9 Å². The number of alkyl carbamates (subject to hydrolysis) is 1. The molecule has 0 bridgehead atoms. The summed E-state index contributed by atoms with van der Waals surface area (Å²) in [4.78, 5) is 39.8. The summed E-state index contributed by atoms with van der Waals surface area (Å²) in [5, 5.41) is 6.08. The van der Waals surface area contributed by atoms with Gasteiger partial charge in [-0.1, -0.05) is 42.5 Å². The molecule has 3 aromatic rings. The minimum absolute atomic E-state index is 0.173. The summed E-state index contributed by atoms with van der Waals surface area (Å²) >= 11 is 0. The third-order valence-corrected chi connectivity index (χ3v) is 4.70. The van der Waals surface area contributed by atoms with E-state index in [0.717, 1.165) is 5.56 Å². The number of pyridine rings is 1. The highest BCUT2D eigenvalue weighted by atomic mass is 16.5. The topological polar surface area (TPSA) is 105 Å². The largest absolute Gasteiger partial charge is 0.445 e. The summed E-state index contributed by atoms with van der Waals surface area (Å²) in [5.74, 6) is -0.273. The molecule has 0 aliphatic rings. The van der Waals surface area contributed by atoms with E-state index in [4.69, 9.17) is 4.74 Å². The van der Waals surface area contributed by atoms with Gasteiger partial charge in [0.15, 0.2) is 0 Å². The van der Waals surface area contributed by atoms with Gasteiger partial charge in [-0.25, -0.2) is 4.79 Å². The highest BCUT2D eigenvalue weighted by molar-refractivity contribution is 6.05. The minimum atomic E-state index is -0.500. The van der Waals surface area contributed by atoms with E-state index < -0.39 is 6.09 Å². The Bertz CT molecular complexity index is 1120. The van der Waals surface area contributed by atoms with Crippen LogP contribution < -0.4 is 16.2 Å². The first kappa shape index (κ1) is 21.9. The van der Waals surface area contributed by atoms with Crippen LogP contribution >= 0.6 is 0 Å². The molecule has 0 atom stereocenters. The zero-order chi connectivity index (χ0) is 22.1. The summed E-state index contributed by atoms with van der Waals surface area (Å²) in [6.07, 6.45) is 6.96. The van der Waals surface area contributed by atoms with E-state index in [2.05, 4.69) is 15.6 Å². The number of aromatic nitrogens is 2. The number of hydrogen-bond acceptors (Lipinski definition) is 4. The van der Waals surface area contributed by atoms with Crippen LogP contribution in [-0.4, -0.2) is 34.6 Å². The lowest BCUT2D eigenvalue weighted by atomic mass is 10.1. The van der Waals surface area contributed by atoms with Crippen LogP contribution in [0.2, 0.25) is 0 Å². The Morgan fingerprint density at radius 3 is 2.68 bits per heavy atom. The zero-order valence-corrected chi connectivity index (χ0v) is 17.4. The molecule has 3 rings (SSSR count). The molecular weight excluding hydrogens is 396 g/mol. The van der Waals surface area contributed by atoms with Gasteiger partial charge in [0.1, 0.15) is 12.1 Å². The van der Waals surface area contributed by atoms with Gasteiger partial charge in [0.05, 0.1) is 5.56 Å². The molecule has 3 N–H and O–H groups in total. The van der Waals surface area contributed by atoms with Crippen LogP contribution in [0.3, 0.4) is 0 Å². The van der Waals surface area contributed by atoms with Crippen molar-refractivity contribution in [2.45, 2.75) is 26.5 Å². The van der Waals surface area contributed by atoms with E-state index in [1.165, 1.54) is 4.57 Å². The second-order valence-corrected chi connectivity index (χ2v) is 6.93. The number of aromatic amines is 1. The van der Waals surface area contributed by atoms with E-state index >= 15 is 0 Å². The number of nitrogens with zero attached hydrogens (tertiary/aromatic N) is 1. The number of allylic oxidation sites excluding steroid dienone is 2. The quantitative estimate of drug-likeness (QED) is 0.364. The monoisotopic (exact) mass is 422 g/mol. The number of nitrogens with one attached hydrogen (secondary N) is 3. The minimum Gasteiger partial charge on any atom is -0.445 e. The third-order valence-electron chi connectivity index (χ3n) is 4.70. The summed E-state index contributed by atoms with van der Waals surface area (Å²) in [6, 6.07) is 11.1. The van der Waals surface area contributed by atoms with Crippen molar-refractivity contribution in [2.24, 2.45) is 0 Å². The van der Waals surface area contributed by atoms with E-state index in [-0.39, 0.29) is 18.1 Å². The van der Waals surface area contributed by atoms with Crippen LogP contribution in [0.25, 0.3) is 10.9 Å². The number of benzene rings is 1. The maximum absolute atomic E-state index is 12.7. The van der Waals surface area contributed by atoms with Gasteiger partial charge < -0.3 is 24.9 Å². The van der Waals surface area contributed by atoms with E-state index in [1.54, 1.807) is 18.5 Å². The van der Waals surface area contributed by atoms with Gasteiger partial charge in [-0.15, -0.1) is 0 Å². The molecule has 0 spiro atoms. The summed E-state index contributed by atoms with van der Waals surface area (Å²) in [6.45, 7) is 3.21. The van der Waals surface area contributed by atoms with E-state index in [1.807, 2.05) is 49.4 Å². The first-order valence-electron chi connectivity index (χ1n) is 10.1. The Morgan fingerprint density at radius 1 is 1.13 bits per heavy atom. The van der Waals surface area contributed by atoms with Gasteiger partial charge >= 0.3 is 6.09 Å². The number of rotatable bonds is 9. The smallest absolute Gasteiger partial charge is 0.407 e. The predicted molar refractivity (Wildman–Crippen MR) is 119 cm³/mol. The van der Waals surface area contributed by atoms with Gasteiger partial charge in [0.25, 0.3) is 11.5 Å². The number of ether oxygens (including phenoxy) is 1. The molecule has 0 unspecified atom stereocenters. The lowest BCUT2D eigenvalue weighted by Gasteiger charge is -2.10. The lowest BCUT2D eigenvalue weighted by Crippen LogP contribution is -2.31. The Kier molecular flexibility index (Phi) is 7.64. The number of amides is 2. The highest BCUT2D eigenvalue weighted by Gasteiger charge is 2.15. The van der Waals surface area contributed by atoms with Crippen molar-refractivity contribution < 1.29 is 14.3 Å². The van der Waals surface area contributed by atoms with Crippen LogP contribution in [0.4, 0.5) is 4.79 Å². The van der Waals surface area contributed by atoms with Gasteiger partial charge in [-0.2, -0.15) is 0 Å². The first-order valence-corrected chi connectivity index (χ1v) is 10.1. The standard InChI is InChI=1S/C23H26N4O4/c1-2-3-14-27-15-19(18-10-13-24-20(18)22(27)29)21(28)25-11-7-12-26-23(30)31-16-17-8-5-4-6-9-17/h2-6,8-10,13,15,24H,7,11-12,14,16H2,1H3,(H,25,28)(H,26,30). The lowest BCUT2D eigenvalue weighted by molar-refractivity contribution is 0.0954. The molecule has 1 aromatic carbocycles. The van der Waals surface area contributed by atoms with Crippen molar-refractivity contribution in [1.82, 2.24) is 20.2 Å². The summed E-state index contributed by atoms with van der Waals surface area (Å²) < 4.78 is 6.64. The maximum atomic E-state index is 12.7.